The molecule has 7 nitrogen and oxygen atoms in total. The summed E-state index contributed by atoms with van der Waals surface area (Å²) in [5.74, 6) is 4.39. The first-order valence-corrected chi connectivity index (χ1v) is 9.40. The molecular weight excluding hydrogens is 338 g/mol. The van der Waals surface area contributed by atoms with E-state index in [0.29, 0.717) is 29.9 Å². The molecule has 0 aromatic carbocycles. The minimum Gasteiger partial charge on any atom is -0.467 e. The van der Waals surface area contributed by atoms with E-state index in [4.69, 9.17) is 8.94 Å². The summed E-state index contributed by atoms with van der Waals surface area (Å²) in [6, 6.07) is 3.87. The zero-order chi connectivity index (χ0) is 17.4. The van der Waals surface area contributed by atoms with Crippen molar-refractivity contribution in [2.45, 2.75) is 62.4 Å². The topological polar surface area (TPSA) is 82.8 Å². The van der Waals surface area contributed by atoms with Crippen LogP contribution in [0.25, 0.3) is 0 Å². The molecule has 8 heteroatoms. The van der Waals surface area contributed by atoms with Crippen molar-refractivity contribution in [3.05, 3.63) is 41.7 Å². The molecular formula is C17H21N5O2S. The van der Waals surface area contributed by atoms with Crippen molar-refractivity contribution in [2.75, 3.05) is 0 Å². The van der Waals surface area contributed by atoms with Gasteiger partial charge in [-0.1, -0.05) is 37.7 Å². The lowest BCUT2D eigenvalue weighted by Crippen LogP contribution is -2.11. The second-order valence-electron chi connectivity index (χ2n) is 7.33. The highest BCUT2D eigenvalue weighted by atomic mass is 32.2. The Balaban J connectivity index is 1.51. The van der Waals surface area contributed by atoms with Crippen LogP contribution < -0.4 is 0 Å². The smallest absolute Gasteiger partial charge is 0.232 e. The minimum absolute atomic E-state index is 0.144. The summed E-state index contributed by atoms with van der Waals surface area (Å²) in [7, 11) is 0. The lowest BCUT2D eigenvalue weighted by molar-refractivity contribution is 0.319. The van der Waals surface area contributed by atoms with Crippen LogP contribution in [0.4, 0.5) is 0 Å². The van der Waals surface area contributed by atoms with Gasteiger partial charge < -0.3 is 8.94 Å². The van der Waals surface area contributed by atoms with Crippen LogP contribution in [0.5, 0.6) is 0 Å². The van der Waals surface area contributed by atoms with E-state index in [-0.39, 0.29) is 5.41 Å². The van der Waals surface area contributed by atoms with Gasteiger partial charge in [-0.25, -0.2) is 0 Å². The first kappa shape index (κ1) is 16.4. The normalized spacial score (nSPS) is 15.0. The third-order valence-corrected chi connectivity index (χ3v) is 4.98. The van der Waals surface area contributed by atoms with Crippen LogP contribution in [0, 0.1) is 0 Å². The van der Waals surface area contributed by atoms with Crippen LogP contribution in [-0.4, -0.2) is 24.9 Å². The molecule has 1 saturated carbocycles. The number of nitrogens with zero attached hydrogens (tertiary/aromatic N) is 5. The maximum Gasteiger partial charge on any atom is 0.232 e. The van der Waals surface area contributed by atoms with Crippen molar-refractivity contribution >= 4 is 11.8 Å². The Bertz CT molecular complexity index is 843. The molecule has 3 aromatic rings. The number of rotatable bonds is 6. The zero-order valence-electron chi connectivity index (χ0n) is 14.6. The Hall–Kier alpha value is -2.09. The summed E-state index contributed by atoms with van der Waals surface area (Å²) in [6.07, 6.45) is 4.05. The molecule has 0 saturated heterocycles. The monoisotopic (exact) mass is 359 g/mol. The maximum absolute atomic E-state index is 5.50. The number of furan rings is 1. The van der Waals surface area contributed by atoms with E-state index < -0.39 is 0 Å². The molecule has 0 spiro atoms. The number of hydrogen-bond donors (Lipinski definition) is 0. The van der Waals surface area contributed by atoms with E-state index in [2.05, 4.69) is 45.7 Å². The van der Waals surface area contributed by atoms with Crippen LogP contribution in [0.3, 0.4) is 0 Å². The second-order valence-corrected chi connectivity index (χ2v) is 8.28. The highest BCUT2D eigenvalue weighted by Crippen LogP contribution is 2.40. The van der Waals surface area contributed by atoms with Gasteiger partial charge in [0.2, 0.25) is 5.89 Å². The predicted molar refractivity (Wildman–Crippen MR) is 92.4 cm³/mol. The van der Waals surface area contributed by atoms with Gasteiger partial charge in [-0.3, -0.25) is 4.57 Å². The van der Waals surface area contributed by atoms with Gasteiger partial charge in [-0.15, -0.1) is 10.2 Å². The molecule has 0 unspecified atom stereocenters. The van der Waals surface area contributed by atoms with Crippen LogP contribution in [0.15, 0.2) is 32.5 Å². The summed E-state index contributed by atoms with van der Waals surface area (Å²) in [5.41, 5.74) is -0.144. The molecule has 3 aromatic heterocycles. The SMILES string of the molecule is CC(C)(C)c1nc(CSc2nnc(C3CC3)n2Cc2ccco2)no1. The van der Waals surface area contributed by atoms with Gasteiger partial charge in [0.15, 0.2) is 11.0 Å². The minimum atomic E-state index is -0.144. The third-order valence-electron chi connectivity index (χ3n) is 4.02. The molecule has 1 fully saturated rings. The quantitative estimate of drug-likeness (QED) is 0.619. The van der Waals surface area contributed by atoms with Crippen molar-refractivity contribution < 1.29 is 8.94 Å². The maximum atomic E-state index is 5.50. The molecule has 0 amide bonds. The average Bonchev–Trinajstić information content (AvgIpc) is 3.00. The highest BCUT2D eigenvalue weighted by Gasteiger charge is 2.31. The number of hydrogen-bond acceptors (Lipinski definition) is 7. The van der Waals surface area contributed by atoms with Crippen molar-refractivity contribution in [3.63, 3.8) is 0 Å². The Morgan fingerprint density at radius 1 is 1.28 bits per heavy atom. The average molecular weight is 359 g/mol. The molecule has 0 N–H and O–H groups in total. The summed E-state index contributed by atoms with van der Waals surface area (Å²) < 4.78 is 13.0. The fourth-order valence-corrected chi connectivity index (χ4v) is 3.29. The summed E-state index contributed by atoms with van der Waals surface area (Å²) in [4.78, 5) is 4.48. The van der Waals surface area contributed by atoms with E-state index in [9.17, 15) is 0 Å². The van der Waals surface area contributed by atoms with Gasteiger partial charge in [-0.05, 0) is 25.0 Å². The first-order chi connectivity index (χ1) is 12.0. The molecule has 25 heavy (non-hydrogen) atoms. The van der Waals surface area contributed by atoms with Gasteiger partial charge in [0.1, 0.15) is 11.6 Å². The van der Waals surface area contributed by atoms with Crippen molar-refractivity contribution in [2.24, 2.45) is 0 Å². The summed E-state index contributed by atoms with van der Waals surface area (Å²) >= 11 is 1.57. The Kier molecular flexibility index (Phi) is 4.15. The van der Waals surface area contributed by atoms with Gasteiger partial charge in [0.05, 0.1) is 18.6 Å². The molecule has 0 bridgehead atoms. The first-order valence-electron chi connectivity index (χ1n) is 8.42. The number of aromatic nitrogens is 5. The van der Waals surface area contributed by atoms with E-state index in [1.807, 2.05) is 12.1 Å². The third kappa shape index (κ3) is 3.63. The molecule has 1 aliphatic carbocycles. The molecule has 0 radical (unpaired) electrons. The van der Waals surface area contributed by atoms with Crippen LogP contribution in [0.2, 0.25) is 0 Å². The lowest BCUT2D eigenvalue weighted by Gasteiger charge is -2.10. The van der Waals surface area contributed by atoms with Crippen LogP contribution in [0.1, 0.15) is 62.8 Å². The van der Waals surface area contributed by atoms with Crippen molar-refractivity contribution in [1.29, 1.82) is 0 Å². The number of thioether (sulfide) groups is 1. The van der Waals surface area contributed by atoms with Crippen LogP contribution >= 0.6 is 11.8 Å². The van der Waals surface area contributed by atoms with Crippen molar-refractivity contribution in [3.8, 4) is 0 Å². The van der Waals surface area contributed by atoms with Gasteiger partial charge >= 0.3 is 0 Å². The van der Waals surface area contributed by atoms with Crippen LogP contribution in [-0.2, 0) is 17.7 Å². The standard InChI is InChI=1S/C17H21N5O2S/c1-17(2,3)15-18-13(21-24-15)10-25-16-20-19-14(11-6-7-11)22(16)9-12-5-4-8-23-12/h4-5,8,11H,6-7,9-10H2,1-3H3. The molecule has 4 rings (SSSR count). The van der Waals surface area contributed by atoms with E-state index in [0.717, 1.165) is 16.7 Å². The fraction of sp³-hybridized carbons (Fsp3) is 0.529. The summed E-state index contributed by atoms with van der Waals surface area (Å²) in [6.45, 7) is 6.81. The zero-order valence-corrected chi connectivity index (χ0v) is 15.4. The molecule has 132 valence electrons. The van der Waals surface area contributed by atoms with Gasteiger partial charge in [-0.2, -0.15) is 4.98 Å². The second kappa shape index (κ2) is 6.33. The largest absolute Gasteiger partial charge is 0.467 e. The highest BCUT2D eigenvalue weighted by molar-refractivity contribution is 7.98. The molecule has 0 aliphatic heterocycles. The Morgan fingerprint density at radius 3 is 2.76 bits per heavy atom. The Morgan fingerprint density at radius 2 is 2.12 bits per heavy atom. The predicted octanol–water partition coefficient (Wildman–Crippen LogP) is 3.77. The van der Waals surface area contributed by atoms with E-state index >= 15 is 0 Å². The van der Waals surface area contributed by atoms with Gasteiger partial charge in [0, 0.05) is 11.3 Å². The Labute approximate surface area is 150 Å². The van der Waals surface area contributed by atoms with E-state index in [1.54, 1.807) is 18.0 Å². The lowest BCUT2D eigenvalue weighted by atomic mass is 9.97. The van der Waals surface area contributed by atoms with Gasteiger partial charge in [0.25, 0.3) is 0 Å². The molecule has 3 heterocycles. The van der Waals surface area contributed by atoms with Crippen molar-refractivity contribution in [1.82, 2.24) is 24.9 Å². The fourth-order valence-electron chi connectivity index (χ4n) is 2.50. The summed E-state index contributed by atoms with van der Waals surface area (Å²) in [5, 5.41) is 13.7. The molecule has 1 aliphatic rings. The van der Waals surface area contributed by atoms with E-state index in [1.165, 1.54) is 12.8 Å². The molecule has 0 atom stereocenters.